The number of ether oxygens (including phenoxy) is 1. The predicted octanol–water partition coefficient (Wildman–Crippen LogP) is 3.15. The van der Waals surface area contributed by atoms with Crippen LogP contribution in [0.15, 0.2) is 47.4 Å². The molecule has 28 heavy (non-hydrogen) atoms. The number of nitrogens with zero attached hydrogens (tertiary/aromatic N) is 3. The maximum atomic E-state index is 13.0. The van der Waals surface area contributed by atoms with E-state index in [9.17, 15) is 13.2 Å². The van der Waals surface area contributed by atoms with E-state index in [2.05, 4.69) is 5.10 Å². The fourth-order valence-electron chi connectivity index (χ4n) is 3.03. The van der Waals surface area contributed by atoms with Crippen LogP contribution in [0.4, 0.5) is 0 Å². The first-order valence-electron chi connectivity index (χ1n) is 8.62. The van der Waals surface area contributed by atoms with E-state index in [1.54, 1.807) is 13.0 Å². The van der Waals surface area contributed by atoms with Crippen LogP contribution in [0.2, 0.25) is 5.15 Å². The Balaban J connectivity index is 1.86. The van der Waals surface area contributed by atoms with Gasteiger partial charge >= 0.3 is 0 Å². The van der Waals surface area contributed by atoms with Crippen molar-refractivity contribution in [2.24, 2.45) is 7.05 Å². The number of carbonyl (C=O) groups excluding carboxylic acids is 1. The molecule has 0 bridgehead atoms. The Morgan fingerprint density at radius 2 is 1.89 bits per heavy atom. The molecule has 0 aliphatic rings. The normalized spacial score (nSPS) is 11.6. The number of halogens is 1. The molecule has 0 aliphatic heterocycles. The number of sulfonamides is 1. The van der Waals surface area contributed by atoms with E-state index in [0.717, 1.165) is 15.1 Å². The Morgan fingerprint density at radius 3 is 2.54 bits per heavy atom. The molecule has 0 spiro atoms. The van der Waals surface area contributed by atoms with Gasteiger partial charge in [-0.2, -0.15) is 5.10 Å². The monoisotopic (exact) mass is 421 g/mol. The highest BCUT2D eigenvalue weighted by molar-refractivity contribution is 7.89. The van der Waals surface area contributed by atoms with Crippen molar-refractivity contribution in [3.63, 3.8) is 0 Å². The molecule has 0 saturated carbocycles. The van der Waals surface area contributed by atoms with Crippen molar-refractivity contribution in [3.05, 3.63) is 53.3 Å². The van der Waals surface area contributed by atoms with Gasteiger partial charge in [-0.15, -0.1) is 0 Å². The van der Waals surface area contributed by atoms with E-state index in [4.69, 9.17) is 16.3 Å². The van der Waals surface area contributed by atoms with Gasteiger partial charge in [-0.25, -0.2) is 12.7 Å². The summed E-state index contributed by atoms with van der Waals surface area (Å²) in [4.78, 5) is 12.5. The van der Waals surface area contributed by atoms with E-state index in [1.807, 2.05) is 36.4 Å². The molecule has 3 aromatic rings. The summed E-state index contributed by atoms with van der Waals surface area (Å²) in [5, 5.41) is 5.78. The maximum absolute atomic E-state index is 13.0. The second-order valence-electron chi connectivity index (χ2n) is 6.16. The topological polar surface area (TPSA) is 81.5 Å². The molecule has 0 saturated heterocycles. The molecular weight excluding hydrogens is 402 g/mol. The van der Waals surface area contributed by atoms with Gasteiger partial charge in [0.05, 0.1) is 5.69 Å². The Hall–Kier alpha value is -2.58. The summed E-state index contributed by atoms with van der Waals surface area (Å²) in [6, 6.07) is 13.1. The summed E-state index contributed by atoms with van der Waals surface area (Å²) < 4.78 is 33.7. The van der Waals surface area contributed by atoms with Crippen molar-refractivity contribution in [1.29, 1.82) is 0 Å². The molecule has 2 aromatic carbocycles. The third kappa shape index (κ3) is 3.57. The fourth-order valence-corrected chi connectivity index (χ4v) is 5.13. The largest absolute Gasteiger partial charge is 0.483 e. The number of aromatic nitrogens is 2. The minimum Gasteiger partial charge on any atom is -0.483 e. The molecule has 0 fully saturated rings. The third-order valence-electron chi connectivity index (χ3n) is 4.31. The van der Waals surface area contributed by atoms with Crippen LogP contribution >= 0.6 is 11.6 Å². The highest BCUT2D eigenvalue weighted by Gasteiger charge is 2.34. The molecule has 0 unspecified atom stereocenters. The van der Waals surface area contributed by atoms with Gasteiger partial charge in [-0.3, -0.25) is 9.48 Å². The molecule has 0 radical (unpaired) electrons. The van der Waals surface area contributed by atoms with Gasteiger partial charge in [0.25, 0.3) is 15.9 Å². The van der Waals surface area contributed by atoms with Crippen LogP contribution in [0.3, 0.4) is 0 Å². The predicted molar refractivity (Wildman–Crippen MR) is 107 cm³/mol. The lowest BCUT2D eigenvalue weighted by Gasteiger charge is -2.21. The van der Waals surface area contributed by atoms with Gasteiger partial charge in [-0.1, -0.05) is 48.0 Å². The highest BCUT2D eigenvalue weighted by Crippen LogP contribution is 2.28. The number of fused-ring (bicyclic) bond motifs is 1. The lowest BCUT2D eigenvalue weighted by atomic mass is 10.1. The van der Waals surface area contributed by atoms with Crippen molar-refractivity contribution in [1.82, 2.24) is 14.1 Å². The summed E-state index contributed by atoms with van der Waals surface area (Å²) >= 11 is 6.09. The molecule has 0 N–H and O–H groups in total. The van der Waals surface area contributed by atoms with E-state index in [-0.39, 0.29) is 22.3 Å². The Morgan fingerprint density at radius 1 is 1.21 bits per heavy atom. The maximum Gasteiger partial charge on any atom is 0.274 e. The summed E-state index contributed by atoms with van der Waals surface area (Å²) in [7, 11) is -2.61. The number of carbonyl (C=O) groups is 1. The van der Waals surface area contributed by atoms with Crippen LogP contribution in [0.1, 0.15) is 12.6 Å². The molecular formula is C19H20ClN3O4S. The number of amides is 1. The minimum absolute atomic E-state index is 0.0429. The van der Waals surface area contributed by atoms with Crippen LogP contribution in [0.25, 0.3) is 10.8 Å². The molecule has 1 heterocycles. The molecule has 3 rings (SSSR count). The van der Waals surface area contributed by atoms with Gasteiger partial charge in [-0.05, 0) is 25.3 Å². The van der Waals surface area contributed by atoms with E-state index < -0.39 is 22.5 Å². The molecule has 148 valence electrons. The minimum atomic E-state index is -4.15. The van der Waals surface area contributed by atoms with Crippen molar-refractivity contribution in [2.45, 2.75) is 18.7 Å². The van der Waals surface area contributed by atoms with Gasteiger partial charge in [0.1, 0.15) is 15.8 Å². The average molecular weight is 422 g/mol. The Kier molecular flexibility index (Phi) is 5.62. The lowest BCUT2D eigenvalue weighted by Crippen LogP contribution is -2.40. The smallest absolute Gasteiger partial charge is 0.274 e. The number of likely N-dealkylation sites (N-methyl/N-ethyl adjacent to an activating group) is 1. The number of rotatable bonds is 6. The summed E-state index contributed by atoms with van der Waals surface area (Å²) in [5.74, 6) is -0.176. The standard InChI is InChI=1S/C19H20ClN3O4S/c1-4-23(28(25,26)18-13(2)21-22(3)19(18)20)17(24)12-27-16-11-7-9-14-8-5-6-10-15(14)16/h5-11H,4,12H2,1-3H3. The first kappa shape index (κ1) is 20.2. The molecule has 1 aromatic heterocycles. The quantitative estimate of drug-likeness (QED) is 0.610. The van der Waals surface area contributed by atoms with Crippen LogP contribution in [-0.2, 0) is 21.9 Å². The van der Waals surface area contributed by atoms with Crippen LogP contribution in [0.5, 0.6) is 5.75 Å². The number of aryl methyl sites for hydroxylation is 2. The SMILES string of the molecule is CCN(C(=O)COc1cccc2ccccc12)S(=O)(=O)c1c(C)nn(C)c1Cl. The first-order chi connectivity index (χ1) is 13.3. The molecule has 7 nitrogen and oxygen atoms in total. The number of hydrogen-bond donors (Lipinski definition) is 0. The average Bonchev–Trinajstić information content (AvgIpc) is 2.92. The van der Waals surface area contributed by atoms with Crippen LogP contribution in [0, 0.1) is 6.92 Å². The summed E-state index contributed by atoms with van der Waals surface area (Å²) in [5.41, 5.74) is 0.230. The van der Waals surface area contributed by atoms with Crippen LogP contribution in [-0.4, -0.2) is 41.6 Å². The van der Waals surface area contributed by atoms with Gasteiger partial charge in [0.2, 0.25) is 0 Å². The van der Waals surface area contributed by atoms with Crippen molar-refractivity contribution in [3.8, 4) is 5.75 Å². The second-order valence-corrected chi connectivity index (χ2v) is 8.32. The molecule has 0 aliphatic carbocycles. The third-order valence-corrected chi connectivity index (χ3v) is 6.91. The van der Waals surface area contributed by atoms with Gasteiger partial charge in [0, 0.05) is 19.0 Å². The molecule has 0 atom stereocenters. The summed E-state index contributed by atoms with van der Waals surface area (Å²) in [6.45, 7) is 2.64. The van der Waals surface area contributed by atoms with Crippen molar-refractivity contribution < 1.29 is 17.9 Å². The van der Waals surface area contributed by atoms with Crippen LogP contribution < -0.4 is 4.74 Å². The Bertz CT molecular complexity index is 1140. The zero-order valence-corrected chi connectivity index (χ0v) is 17.3. The summed E-state index contributed by atoms with van der Waals surface area (Å²) in [6.07, 6.45) is 0. The second kappa shape index (κ2) is 7.81. The zero-order chi connectivity index (χ0) is 20.5. The van der Waals surface area contributed by atoms with E-state index in [0.29, 0.717) is 5.75 Å². The van der Waals surface area contributed by atoms with E-state index >= 15 is 0 Å². The Labute approximate surface area is 168 Å². The lowest BCUT2D eigenvalue weighted by molar-refractivity contribution is -0.128. The van der Waals surface area contributed by atoms with E-state index in [1.165, 1.54) is 18.7 Å². The number of hydrogen-bond acceptors (Lipinski definition) is 5. The molecule has 9 heteroatoms. The van der Waals surface area contributed by atoms with Crippen molar-refractivity contribution >= 4 is 38.3 Å². The highest BCUT2D eigenvalue weighted by atomic mass is 35.5. The van der Waals surface area contributed by atoms with Gasteiger partial charge in [0.15, 0.2) is 6.61 Å². The number of benzene rings is 2. The fraction of sp³-hybridized carbons (Fsp3) is 0.263. The van der Waals surface area contributed by atoms with Gasteiger partial charge < -0.3 is 4.74 Å². The molecule has 1 amide bonds. The zero-order valence-electron chi connectivity index (χ0n) is 15.7. The first-order valence-corrected chi connectivity index (χ1v) is 10.4. The van der Waals surface area contributed by atoms with Crippen molar-refractivity contribution in [2.75, 3.05) is 13.2 Å².